The average Bonchev–Trinajstić information content (AvgIpc) is 2.73. The van der Waals surface area contributed by atoms with E-state index in [1.807, 2.05) is 19.1 Å². The van der Waals surface area contributed by atoms with Crippen LogP contribution in [-0.4, -0.2) is 20.9 Å². The van der Waals surface area contributed by atoms with Crippen molar-refractivity contribution in [3.63, 3.8) is 0 Å². The summed E-state index contributed by atoms with van der Waals surface area (Å²) in [6.45, 7) is 5.40. The molecule has 0 unspecified atom stereocenters. The predicted octanol–water partition coefficient (Wildman–Crippen LogP) is 5.09. The van der Waals surface area contributed by atoms with Gasteiger partial charge in [-0.3, -0.25) is 9.10 Å². The van der Waals surface area contributed by atoms with Gasteiger partial charge in [-0.15, -0.1) is 0 Å². The number of nitrogens with zero attached hydrogens (tertiary/aromatic N) is 1. The maximum absolute atomic E-state index is 14.5. The number of benzene rings is 3. The topological polar surface area (TPSA) is 66.5 Å². The third-order valence-electron chi connectivity index (χ3n) is 4.88. The lowest BCUT2D eigenvalue weighted by Gasteiger charge is -2.24. The lowest BCUT2D eigenvalue weighted by Crippen LogP contribution is -2.38. The molecule has 0 atom stereocenters. The van der Waals surface area contributed by atoms with Crippen LogP contribution in [0.3, 0.4) is 0 Å². The summed E-state index contributed by atoms with van der Waals surface area (Å²) in [7, 11) is -4.17. The fourth-order valence-corrected chi connectivity index (χ4v) is 4.50. The molecule has 0 aliphatic heterocycles. The lowest BCUT2D eigenvalue weighted by molar-refractivity contribution is -0.114. The molecule has 0 radical (unpaired) electrons. The van der Waals surface area contributed by atoms with Crippen molar-refractivity contribution in [1.82, 2.24) is 0 Å². The molecular formula is C24H25FN2O3S. The predicted molar refractivity (Wildman–Crippen MR) is 121 cm³/mol. The number of aryl methyl sites for hydroxylation is 1. The van der Waals surface area contributed by atoms with Crippen molar-refractivity contribution in [3.05, 3.63) is 89.7 Å². The molecule has 31 heavy (non-hydrogen) atoms. The maximum Gasteiger partial charge on any atom is 0.264 e. The Labute approximate surface area is 182 Å². The minimum absolute atomic E-state index is 0.0181. The number of nitrogens with one attached hydrogen (secondary N) is 1. The molecule has 0 saturated carbocycles. The van der Waals surface area contributed by atoms with E-state index >= 15 is 0 Å². The number of halogens is 1. The first kappa shape index (κ1) is 22.5. The number of carbonyl (C=O) groups excluding carboxylic acids is 1. The first-order chi connectivity index (χ1) is 14.7. The Kier molecular flexibility index (Phi) is 6.75. The molecule has 0 spiro atoms. The summed E-state index contributed by atoms with van der Waals surface area (Å²) >= 11 is 0. The van der Waals surface area contributed by atoms with Crippen LogP contribution in [0, 0.1) is 12.7 Å². The highest BCUT2D eigenvalue weighted by molar-refractivity contribution is 7.92. The van der Waals surface area contributed by atoms with E-state index in [1.54, 1.807) is 24.3 Å². The summed E-state index contributed by atoms with van der Waals surface area (Å²) in [6, 6.07) is 19.0. The lowest BCUT2D eigenvalue weighted by atomic mass is 10.0. The van der Waals surface area contributed by atoms with Crippen LogP contribution in [0.15, 0.2) is 77.7 Å². The monoisotopic (exact) mass is 440 g/mol. The van der Waals surface area contributed by atoms with Crippen LogP contribution in [0.4, 0.5) is 15.8 Å². The van der Waals surface area contributed by atoms with Gasteiger partial charge in [0.15, 0.2) is 0 Å². The van der Waals surface area contributed by atoms with Crippen LogP contribution in [0.1, 0.15) is 30.9 Å². The minimum Gasteiger partial charge on any atom is -0.325 e. The normalized spacial score (nSPS) is 11.4. The van der Waals surface area contributed by atoms with E-state index in [9.17, 15) is 17.6 Å². The molecule has 7 heteroatoms. The standard InChI is InChI=1S/C24H25FN2O3S/c1-17(2)19-10-12-20(13-11-19)26-24(28)16-27(23-7-5-4-6-22(23)25)31(29,30)21-14-8-18(3)9-15-21/h4-15,17H,16H2,1-3H3,(H,26,28). The Morgan fingerprint density at radius 3 is 2.16 bits per heavy atom. The zero-order chi connectivity index (χ0) is 22.6. The molecule has 1 amide bonds. The third-order valence-corrected chi connectivity index (χ3v) is 6.65. The second-order valence-electron chi connectivity index (χ2n) is 7.60. The maximum atomic E-state index is 14.5. The molecular weight excluding hydrogens is 415 g/mol. The molecule has 0 aliphatic rings. The van der Waals surface area contributed by atoms with E-state index in [2.05, 4.69) is 19.2 Å². The van der Waals surface area contributed by atoms with E-state index in [1.165, 1.54) is 30.3 Å². The molecule has 0 heterocycles. The van der Waals surface area contributed by atoms with Gasteiger partial charge in [-0.05, 0) is 54.8 Å². The highest BCUT2D eigenvalue weighted by Gasteiger charge is 2.29. The van der Waals surface area contributed by atoms with E-state index in [-0.39, 0.29) is 10.6 Å². The van der Waals surface area contributed by atoms with Gasteiger partial charge in [-0.25, -0.2) is 12.8 Å². The molecule has 0 aromatic heterocycles. The Balaban J connectivity index is 1.91. The van der Waals surface area contributed by atoms with Gasteiger partial charge in [0, 0.05) is 5.69 Å². The zero-order valence-electron chi connectivity index (χ0n) is 17.7. The highest BCUT2D eigenvalue weighted by Crippen LogP contribution is 2.26. The summed E-state index contributed by atoms with van der Waals surface area (Å²) < 4.78 is 41.9. The van der Waals surface area contributed by atoms with Gasteiger partial charge >= 0.3 is 0 Å². The van der Waals surface area contributed by atoms with Crippen molar-refractivity contribution < 1.29 is 17.6 Å². The van der Waals surface area contributed by atoms with Crippen molar-refractivity contribution >= 4 is 27.3 Å². The Bertz CT molecular complexity index is 1160. The second-order valence-corrected chi connectivity index (χ2v) is 9.46. The van der Waals surface area contributed by atoms with Crippen molar-refractivity contribution in [2.45, 2.75) is 31.6 Å². The van der Waals surface area contributed by atoms with E-state index in [0.29, 0.717) is 11.6 Å². The highest BCUT2D eigenvalue weighted by atomic mass is 32.2. The van der Waals surface area contributed by atoms with E-state index < -0.39 is 28.3 Å². The van der Waals surface area contributed by atoms with Gasteiger partial charge in [-0.2, -0.15) is 0 Å². The van der Waals surface area contributed by atoms with Crippen LogP contribution in [0.2, 0.25) is 0 Å². The summed E-state index contributed by atoms with van der Waals surface area (Å²) in [6.07, 6.45) is 0. The Morgan fingerprint density at radius 1 is 0.968 bits per heavy atom. The number of anilines is 2. The third kappa shape index (κ3) is 5.30. The van der Waals surface area contributed by atoms with Crippen LogP contribution >= 0.6 is 0 Å². The zero-order valence-corrected chi connectivity index (χ0v) is 18.5. The molecule has 0 fully saturated rings. The molecule has 0 saturated heterocycles. The van der Waals surface area contributed by atoms with Gasteiger partial charge in [-0.1, -0.05) is 55.8 Å². The molecule has 0 bridgehead atoms. The fourth-order valence-electron chi connectivity index (χ4n) is 3.07. The molecule has 5 nitrogen and oxygen atoms in total. The molecule has 1 N–H and O–H groups in total. The fraction of sp³-hybridized carbons (Fsp3) is 0.208. The Morgan fingerprint density at radius 2 is 1.58 bits per heavy atom. The summed E-state index contributed by atoms with van der Waals surface area (Å²) in [5, 5.41) is 2.69. The number of para-hydroxylation sites is 1. The first-order valence-electron chi connectivity index (χ1n) is 9.92. The number of rotatable bonds is 7. The summed E-state index contributed by atoms with van der Waals surface area (Å²) in [5.74, 6) is -0.954. The number of hydrogen-bond donors (Lipinski definition) is 1. The van der Waals surface area contributed by atoms with Crippen LogP contribution in [0.25, 0.3) is 0 Å². The van der Waals surface area contributed by atoms with Gasteiger partial charge in [0.1, 0.15) is 12.4 Å². The van der Waals surface area contributed by atoms with Crippen molar-refractivity contribution in [1.29, 1.82) is 0 Å². The summed E-state index contributed by atoms with van der Waals surface area (Å²) in [4.78, 5) is 12.7. The van der Waals surface area contributed by atoms with E-state index in [4.69, 9.17) is 0 Å². The molecule has 3 rings (SSSR count). The number of amides is 1. The SMILES string of the molecule is Cc1ccc(S(=O)(=O)N(CC(=O)Nc2ccc(C(C)C)cc2)c2ccccc2F)cc1. The Hall–Kier alpha value is -3.19. The van der Waals surface area contributed by atoms with Gasteiger partial charge < -0.3 is 5.32 Å². The minimum atomic E-state index is -4.17. The van der Waals surface area contributed by atoms with Gasteiger partial charge in [0.05, 0.1) is 10.6 Å². The first-order valence-corrected chi connectivity index (χ1v) is 11.4. The van der Waals surface area contributed by atoms with Crippen molar-refractivity contribution in [2.75, 3.05) is 16.2 Å². The quantitative estimate of drug-likeness (QED) is 0.556. The molecule has 3 aromatic carbocycles. The smallest absolute Gasteiger partial charge is 0.264 e. The molecule has 0 aliphatic carbocycles. The largest absolute Gasteiger partial charge is 0.325 e. The van der Waals surface area contributed by atoms with Crippen LogP contribution < -0.4 is 9.62 Å². The number of carbonyl (C=O) groups is 1. The molecule has 3 aromatic rings. The second kappa shape index (κ2) is 9.31. The van der Waals surface area contributed by atoms with E-state index in [0.717, 1.165) is 21.5 Å². The number of sulfonamides is 1. The van der Waals surface area contributed by atoms with Crippen molar-refractivity contribution in [2.24, 2.45) is 0 Å². The van der Waals surface area contributed by atoms with Crippen LogP contribution in [0.5, 0.6) is 0 Å². The van der Waals surface area contributed by atoms with Crippen molar-refractivity contribution in [3.8, 4) is 0 Å². The average molecular weight is 441 g/mol. The summed E-state index contributed by atoms with van der Waals surface area (Å²) in [5.41, 5.74) is 2.36. The van der Waals surface area contributed by atoms with Crippen LogP contribution in [-0.2, 0) is 14.8 Å². The molecule has 162 valence electrons. The number of hydrogen-bond acceptors (Lipinski definition) is 3. The van der Waals surface area contributed by atoms with Gasteiger partial charge in [0.25, 0.3) is 10.0 Å². The van der Waals surface area contributed by atoms with Gasteiger partial charge in [0.2, 0.25) is 5.91 Å².